The summed E-state index contributed by atoms with van der Waals surface area (Å²) >= 11 is 1.57. The second-order valence-electron chi connectivity index (χ2n) is 8.26. The van der Waals surface area contributed by atoms with E-state index in [1.807, 2.05) is 0 Å². The molecule has 0 saturated heterocycles. The molecule has 0 bridgehead atoms. The highest BCUT2D eigenvalue weighted by Crippen LogP contribution is 2.37. The zero-order valence-corrected chi connectivity index (χ0v) is 18.5. The molecule has 6 heteroatoms. The van der Waals surface area contributed by atoms with Gasteiger partial charge in [0.05, 0.1) is 10.6 Å². The van der Waals surface area contributed by atoms with Crippen molar-refractivity contribution < 1.29 is 4.92 Å². The number of nitro groups is 1. The summed E-state index contributed by atoms with van der Waals surface area (Å²) < 4.78 is 2.34. The first-order chi connectivity index (χ1) is 14.5. The van der Waals surface area contributed by atoms with E-state index in [2.05, 4.69) is 48.9 Å². The second kappa shape index (κ2) is 8.56. The Bertz CT molecular complexity index is 1150. The minimum Gasteiger partial charge on any atom is -0.313 e. The number of aromatic nitrogens is 1. The van der Waals surface area contributed by atoms with E-state index < -0.39 is 0 Å². The summed E-state index contributed by atoms with van der Waals surface area (Å²) in [6.07, 6.45) is 4.78. The molecule has 4 rings (SSSR count). The van der Waals surface area contributed by atoms with Gasteiger partial charge < -0.3 is 4.57 Å². The SMILES string of the molecule is Cc1ccc(-c2csc(=Nc3ccccc3[N+](=O)[O-])n2C2CCCCC2C)cc1C. The average molecular weight is 422 g/mol. The van der Waals surface area contributed by atoms with Gasteiger partial charge in [-0.2, -0.15) is 0 Å². The third-order valence-corrected chi connectivity index (χ3v) is 7.08. The lowest BCUT2D eigenvalue weighted by Crippen LogP contribution is -2.28. The number of rotatable bonds is 4. The lowest BCUT2D eigenvalue weighted by Gasteiger charge is -2.31. The van der Waals surface area contributed by atoms with E-state index in [-0.39, 0.29) is 10.6 Å². The average Bonchev–Trinajstić information content (AvgIpc) is 3.14. The van der Waals surface area contributed by atoms with Crippen molar-refractivity contribution >= 4 is 22.7 Å². The van der Waals surface area contributed by atoms with Crippen LogP contribution in [0.5, 0.6) is 0 Å². The van der Waals surface area contributed by atoms with Crippen LogP contribution >= 0.6 is 11.3 Å². The van der Waals surface area contributed by atoms with E-state index in [4.69, 9.17) is 4.99 Å². The molecule has 3 aromatic rings. The van der Waals surface area contributed by atoms with E-state index in [0.29, 0.717) is 17.6 Å². The molecule has 1 aromatic heterocycles. The Morgan fingerprint density at radius 1 is 1.10 bits per heavy atom. The fourth-order valence-electron chi connectivity index (χ4n) is 4.33. The van der Waals surface area contributed by atoms with Crippen LogP contribution in [0.15, 0.2) is 52.8 Å². The quantitative estimate of drug-likeness (QED) is 0.346. The largest absolute Gasteiger partial charge is 0.313 e. The Morgan fingerprint density at radius 3 is 2.60 bits per heavy atom. The van der Waals surface area contributed by atoms with Crippen molar-refractivity contribution in [2.45, 2.75) is 52.5 Å². The third-order valence-electron chi connectivity index (χ3n) is 6.24. The molecule has 2 atom stereocenters. The molecule has 0 N–H and O–H groups in total. The summed E-state index contributed by atoms with van der Waals surface area (Å²) in [6.45, 7) is 6.57. The lowest BCUT2D eigenvalue weighted by atomic mass is 9.85. The molecule has 2 aromatic carbocycles. The van der Waals surface area contributed by atoms with E-state index >= 15 is 0 Å². The van der Waals surface area contributed by atoms with E-state index in [9.17, 15) is 10.1 Å². The molecule has 0 radical (unpaired) electrons. The van der Waals surface area contributed by atoms with Crippen LogP contribution in [0.3, 0.4) is 0 Å². The van der Waals surface area contributed by atoms with Crippen LogP contribution in [0, 0.1) is 29.9 Å². The summed E-state index contributed by atoms with van der Waals surface area (Å²) in [7, 11) is 0. The maximum atomic E-state index is 11.5. The van der Waals surface area contributed by atoms with Crippen LogP contribution in [0.25, 0.3) is 11.3 Å². The van der Waals surface area contributed by atoms with Gasteiger partial charge in [-0.15, -0.1) is 11.3 Å². The van der Waals surface area contributed by atoms with Crippen LogP contribution in [0.4, 0.5) is 11.4 Å². The summed E-state index contributed by atoms with van der Waals surface area (Å²) in [5.74, 6) is 0.545. The van der Waals surface area contributed by atoms with Gasteiger partial charge in [0.1, 0.15) is 5.69 Å². The molecule has 156 valence electrons. The molecule has 5 nitrogen and oxygen atoms in total. The van der Waals surface area contributed by atoms with Crippen LogP contribution < -0.4 is 4.80 Å². The molecule has 1 fully saturated rings. The Morgan fingerprint density at radius 2 is 1.87 bits per heavy atom. The molecular weight excluding hydrogens is 394 g/mol. The molecule has 0 spiro atoms. The van der Waals surface area contributed by atoms with Gasteiger partial charge in [-0.25, -0.2) is 4.99 Å². The fraction of sp³-hybridized carbons (Fsp3) is 0.375. The number of nitrogens with zero attached hydrogens (tertiary/aromatic N) is 3. The van der Waals surface area contributed by atoms with Crippen LogP contribution in [0.1, 0.15) is 49.8 Å². The normalized spacial score (nSPS) is 19.8. The fourth-order valence-corrected chi connectivity index (χ4v) is 5.30. The van der Waals surface area contributed by atoms with Crippen LogP contribution in [-0.2, 0) is 0 Å². The molecule has 1 aliphatic carbocycles. The first kappa shape index (κ1) is 20.5. The molecule has 2 unspecified atom stereocenters. The lowest BCUT2D eigenvalue weighted by molar-refractivity contribution is -0.384. The number of aryl methyl sites for hydroxylation is 2. The number of hydrogen-bond acceptors (Lipinski definition) is 4. The molecule has 1 heterocycles. The van der Waals surface area contributed by atoms with Gasteiger partial charge in [-0.1, -0.05) is 44.0 Å². The van der Waals surface area contributed by atoms with Crippen molar-refractivity contribution in [1.29, 1.82) is 0 Å². The highest BCUT2D eigenvalue weighted by atomic mass is 32.1. The number of thiazole rings is 1. The first-order valence-electron chi connectivity index (χ1n) is 10.5. The molecule has 0 amide bonds. The molecular formula is C24H27N3O2S. The van der Waals surface area contributed by atoms with Crippen LogP contribution in [-0.4, -0.2) is 9.49 Å². The highest BCUT2D eigenvalue weighted by molar-refractivity contribution is 7.07. The van der Waals surface area contributed by atoms with Gasteiger partial charge >= 0.3 is 0 Å². The van der Waals surface area contributed by atoms with Crippen molar-refractivity contribution in [3.8, 4) is 11.3 Å². The molecule has 30 heavy (non-hydrogen) atoms. The van der Waals surface area contributed by atoms with Gasteiger partial charge in [-0.05, 0) is 61.4 Å². The Balaban J connectivity index is 1.93. The standard InChI is InChI=1S/C24H27N3O2S/c1-16-12-13-19(14-18(16)3)23-15-30-24(26(23)21-10-6-4-8-17(21)2)25-20-9-5-7-11-22(20)27(28)29/h5,7,9,11-15,17,21H,4,6,8,10H2,1-3H3. The van der Waals surface area contributed by atoms with Crippen molar-refractivity contribution in [3.05, 3.63) is 73.9 Å². The first-order valence-corrected chi connectivity index (χ1v) is 11.4. The van der Waals surface area contributed by atoms with Crippen molar-refractivity contribution in [2.75, 3.05) is 0 Å². The van der Waals surface area contributed by atoms with Gasteiger partial charge in [0.25, 0.3) is 5.69 Å². The summed E-state index contributed by atoms with van der Waals surface area (Å²) in [6, 6.07) is 13.6. The predicted octanol–water partition coefficient (Wildman–Crippen LogP) is 6.73. The minimum absolute atomic E-state index is 0.0434. The van der Waals surface area contributed by atoms with Crippen molar-refractivity contribution in [1.82, 2.24) is 4.57 Å². The Labute approximate surface area is 180 Å². The molecule has 1 aliphatic rings. The number of benzene rings is 2. The Hall–Kier alpha value is -2.73. The van der Waals surface area contributed by atoms with E-state index in [0.717, 1.165) is 16.9 Å². The number of hydrogen-bond donors (Lipinski definition) is 0. The number of para-hydroxylation sites is 2. The zero-order chi connectivity index (χ0) is 21.3. The Kier molecular flexibility index (Phi) is 5.86. The predicted molar refractivity (Wildman–Crippen MR) is 122 cm³/mol. The molecule has 0 aliphatic heterocycles. The van der Waals surface area contributed by atoms with E-state index in [1.165, 1.54) is 42.0 Å². The van der Waals surface area contributed by atoms with Gasteiger partial charge in [0.15, 0.2) is 4.80 Å². The topological polar surface area (TPSA) is 60.4 Å². The second-order valence-corrected chi connectivity index (χ2v) is 9.10. The van der Waals surface area contributed by atoms with Gasteiger partial charge in [0, 0.05) is 17.5 Å². The third kappa shape index (κ3) is 3.97. The summed E-state index contributed by atoms with van der Waals surface area (Å²) in [4.78, 5) is 16.8. The monoisotopic (exact) mass is 421 g/mol. The molecule has 1 saturated carbocycles. The smallest absolute Gasteiger partial charge is 0.294 e. The van der Waals surface area contributed by atoms with Gasteiger partial charge in [-0.3, -0.25) is 10.1 Å². The summed E-state index contributed by atoms with van der Waals surface area (Å²) in [5.41, 5.74) is 5.32. The highest BCUT2D eigenvalue weighted by Gasteiger charge is 2.26. The van der Waals surface area contributed by atoms with Crippen molar-refractivity contribution in [3.63, 3.8) is 0 Å². The van der Waals surface area contributed by atoms with E-state index in [1.54, 1.807) is 29.5 Å². The van der Waals surface area contributed by atoms with Crippen molar-refractivity contribution in [2.24, 2.45) is 10.9 Å². The summed E-state index contributed by atoms with van der Waals surface area (Å²) in [5, 5.41) is 13.6. The van der Waals surface area contributed by atoms with Gasteiger partial charge in [0.2, 0.25) is 0 Å². The zero-order valence-electron chi connectivity index (χ0n) is 17.7. The maximum absolute atomic E-state index is 11.5. The maximum Gasteiger partial charge on any atom is 0.294 e. The minimum atomic E-state index is -0.357. The van der Waals surface area contributed by atoms with Crippen LogP contribution in [0.2, 0.25) is 0 Å². The number of nitro benzene ring substituents is 1.